The van der Waals surface area contributed by atoms with E-state index in [1.54, 1.807) is 0 Å². The van der Waals surface area contributed by atoms with E-state index in [1.807, 2.05) is 30.7 Å². The molecular formula is C18H28N6. The molecule has 1 atom stereocenters. The fraction of sp³-hybridized carbons (Fsp3) is 0.611. The minimum absolute atomic E-state index is 0.721. The van der Waals surface area contributed by atoms with Crippen LogP contribution in [0.4, 0.5) is 5.82 Å². The van der Waals surface area contributed by atoms with Gasteiger partial charge >= 0.3 is 0 Å². The van der Waals surface area contributed by atoms with Gasteiger partial charge in [-0.3, -0.25) is 0 Å². The van der Waals surface area contributed by atoms with Gasteiger partial charge in [-0.1, -0.05) is 6.92 Å². The van der Waals surface area contributed by atoms with Gasteiger partial charge in [0, 0.05) is 25.3 Å². The van der Waals surface area contributed by atoms with Gasteiger partial charge < -0.3 is 9.80 Å². The second-order valence-electron chi connectivity index (χ2n) is 6.95. The van der Waals surface area contributed by atoms with Crippen LogP contribution in [-0.4, -0.2) is 58.1 Å². The highest BCUT2D eigenvalue weighted by Gasteiger charge is 2.24. The summed E-state index contributed by atoms with van der Waals surface area (Å²) in [6.45, 7) is 10.7. The van der Waals surface area contributed by atoms with Gasteiger partial charge in [0.05, 0.1) is 5.69 Å². The summed E-state index contributed by atoms with van der Waals surface area (Å²) in [7, 11) is 2.22. The normalized spacial score (nSPS) is 17.9. The predicted octanol–water partition coefficient (Wildman–Crippen LogP) is 2.45. The zero-order valence-corrected chi connectivity index (χ0v) is 15.2. The predicted molar refractivity (Wildman–Crippen MR) is 96.7 cm³/mol. The van der Waals surface area contributed by atoms with E-state index in [9.17, 15) is 0 Å². The summed E-state index contributed by atoms with van der Waals surface area (Å²) < 4.78 is 1.85. The Balaban J connectivity index is 1.63. The molecule has 0 amide bonds. The van der Waals surface area contributed by atoms with E-state index in [1.165, 1.54) is 25.9 Å². The van der Waals surface area contributed by atoms with E-state index in [2.05, 4.69) is 45.1 Å². The molecule has 0 spiro atoms. The van der Waals surface area contributed by atoms with Crippen LogP contribution in [0.2, 0.25) is 0 Å². The zero-order chi connectivity index (χ0) is 17.1. The van der Waals surface area contributed by atoms with Crippen molar-refractivity contribution in [1.82, 2.24) is 24.9 Å². The third kappa shape index (κ3) is 3.75. The molecule has 1 aliphatic rings. The van der Waals surface area contributed by atoms with Crippen LogP contribution in [0.1, 0.15) is 31.2 Å². The standard InChI is InChI=1S/C18H28N6/c1-5-9-22(4)12-16-8-10-23(13-16)17-6-7-18(20-19-17)24-15(3)11-14(2)21-24/h6-7,11,16H,5,8-10,12-13H2,1-4H3/t16-/m0/s1. The molecule has 0 radical (unpaired) electrons. The average Bonchev–Trinajstić information content (AvgIpc) is 3.14. The van der Waals surface area contributed by atoms with Gasteiger partial charge in [-0.15, -0.1) is 10.2 Å². The van der Waals surface area contributed by atoms with Crippen molar-refractivity contribution in [1.29, 1.82) is 0 Å². The second-order valence-corrected chi connectivity index (χ2v) is 6.95. The first-order valence-corrected chi connectivity index (χ1v) is 8.87. The number of hydrogen-bond donors (Lipinski definition) is 0. The number of rotatable bonds is 6. The lowest BCUT2D eigenvalue weighted by Gasteiger charge is -2.21. The van der Waals surface area contributed by atoms with Crippen LogP contribution in [0.5, 0.6) is 0 Å². The topological polar surface area (TPSA) is 50.1 Å². The molecule has 0 aliphatic carbocycles. The maximum Gasteiger partial charge on any atom is 0.176 e. The van der Waals surface area contributed by atoms with Crippen LogP contribution in [0.3, 0.4) is 0 Å². The van der Waals surface area contributed by atoms with E-state index >= 15 is 0 Å². The lowest BCUT2D eigenvalue weighted by molar-refractivity contribution is 0.287. The van der Waals surface area contributed by atoms with Crippen LogP contribution in [0, 0.1) is 19.8 Å². The van der Waals surface area contributed by atoms with E-state index in [0.717, 1.165) is 42.0 Å². The molecule has 0 bridgehead atoms. The highest BCUT2D eigenvalue weighted by Crippen LogP contribution is 2.23. The number of aryl methyl sites for hydroxylation is 2. The molecule has 24 heavy (non-hydrogen) atoms. The van der Waals surface area contributed by atoms with Gasteiger partial charge in [0.2, 0.25) is 0 Å². The zero-order valence-electron chi connectivity index (χ0n) is 15.2. The molecule has 6 heteroatoms. The first-order chi connectivity index (χ1) is 11.6. The quantitative estimate of drug-likeness (QED) is 0.815. The molecular weight excluding hydrogens is 300 g/mol. The van der Waals surface area contributed by atoms with Gasteiger partial charge in [-0.25, -0.2) is 4.68 Å². The molecule has 0 saturated carbocycles. The van der Waals surface area contributed by atoms with Crippen LogP contribution in [0.25, 0.3) is 5.82 Å². The Labute approximate surface area is 144 Å². The number of anilines is 1. The molecule has 2 aromatic heterocycles. The summed E-state index contributed by atoms with van der Waals surface area (Å²) in [6, 6.07) is 6.13. The first kappa shape index (κ1) is 16.9. The van der Waals surface area contributed by atoms with E-state index in [0.29, 0.717) is 0 Å². The second kappa shape index (κ2) is 7.30. The van der Waals surface area contributed by atoms with Gasteiger partial charge in [0.25, 0.3) is 0 Å². The Morgan fingerprint density at radius 3 is 2.58 bits per heavy atom. The molecule has 1 saturated heterocycles. The molecule has 130 valence electrons. The molecule has 0 aromatic carbocycles. The van der Waals surface area contributed by atoms with E-state index in [4.69, 9.17) is 0 Å². The molecule has 1 fully saturated rings. The monoisotopic (exact) mass is 328 g/mol. The fourth-order valence-electron chi connectivity index (χ4n) is 3.56. The van der Waals surface area contributed by atoms with E-state index in [-0.39, 0.29) is 0 Å². The van der Waals surface area contributed by atoms with Crippen molar-refractivity contribution in [3.8, 4) is 5.82 Å². The Morgan fingerprint density at radius 2 is 1.96 bits per heavy atom. The van der Waals surface area contributed by atoms with Crippen molar-refractivity contribution in [2.75, 3.05) is 38.1 Å². The minimum Gasteiger partial charge on any atom is -0.355 e. The summed E-state index contributed by atoms with van der Waals surface area (Å²) in [5.74, 6) is 2.47. The molecule has 3 heterocycles. The minimum atomic E-state index is 0.721. The first-order valence-electron chi connectivity index (χ1n) is 8.87. The highest BCUT2D eigenvalue weighted by atomic mass is 15.4. The van der Waals surface area contributed by atoms with Crippen molar-refractivity contribution >= 4 is 5.82 Å². The largest absolute Gasteiger partial charge is 0.355 e. The number of hydrogen-bond acceptors (Lipinski definition) is 5. The number of aromatic nitrogens is 4. The summed E-state index contributed by atoms with van der Waals surface area (Å²) in [5.41, 5.74) is 2.08. The van der Waals surface area contributed by atoms with Crippen LogP contribution in [-0.2, 0) is 0 Å². The fourth-order valence-corrected chi connectivity index (χ4v) is 3.56. The van der Waals surface area contributed by atoms with Crippen LogP contribution < -0.4 is 4.90 Å². The lowest BCUT2D eigenvalue weighted by Crippen LogP contribution is -2.29. The molecule has 6 nitrogen and oxygen atoms in total. The van der Waals surface area contributed by atoms with Crippen LogP contribution in [0.15, 0.2) is 18.2 Å². The highest BCUT2D eigenvalue weighted by molar-refractivity contribution is 5.41. The maximum absolute atomic E-state index is 4.46. The summed E-state index contributed by atoms with van der Waals surface area (Å²) in [5, 5.41) is 13.3. The molecule has 0 unspecified atom stereocenters. The van der Waals surface area contributed by atoms with Gasteiger partial charge in [-0.2, -0.15) is 5.10 Å². The van der Waals surface area contributed by atoms with Crippen molar-refractivity contribution in [3.05, 3.63) is 29.6 Å². The van der Waals surface area contributed by atoms with Crippen molar-refractivity contribution in [3.63, 3.8) is 0 Å². The lowest BCUT2D eigenvalue weighted by atomic mass is 10.1. The van der Waals surface area contributed by atoms with Gasteiger partial charge in [-0.05, 0) is 64.4 Å². The number of nitrogens with zero attached hydrogens (tertiary/aromatic N) is 6. The van der Waals surface area contributed by atoms with Crippen LogP contribution >= 0.6 is 0 Å². The summed E-state index contributed by atoms with van der Waals surface area (Å²) >= 11 is 0. The van der Waals surface area contributed by atoms with Gasteiger partial charge in [0.1, 0.15) is 0 Å². The Morgan fingerprint density at radius 1 is 1.21 bits per heavy atom. The summed E-state index contributed by atoms with van der Waals surface area (Å²) in [6.07, 6.45) is 2.45. The SMILES string of the molecule is CCCN(C)C[C@@H]1CCN(c2ccc(-n3nc(C)cc3C)nn2)C1. The van der Waals surface area contributed by atoms with Crippen molar-refractivity contribution in [2.45, 2.75) is 33.6 Å². The van der Waals surface area contributed by atoms with Gasteiger partial charge in [0.15, 0.2) is 11.6 Å². The van der Waals surface area contributed by atoms with Crippen molar-refractivity contribution < 1.29 is 0 Å². The Hall–Kier alpha value is -1.95. The van der Waals surface area contributed by atoms with E-state index < -0.39 is 0 Å². The Bertz CT molecular complexity index is 663. The third-order valence-corrected chi connectivity index (χ3v) is 4.65. The molecule has 1 aliphatic heterocycles. The third-order valence-electron chi connectivity index (χ3n) is 4.65. The summed E-state index contributed by atoms with van der Waals surface area (Å²) in [4.78, 5) is 4.79. The molecule has 0 N–H and O–H groups in total. The average molecular weight is 328 g/mol. The molecule has 3 rings (SSSR count). The van der Waals surface area contributed by atoms with Crippen molar-refractivity contribution in [2.24, 2.45) is 5.92 Å². The maximum atomic E-state index is 4.46. The molecule has 2 aromatic rings. The smallest absolute Gasteiger partial charge is 0.176 e. The Kier molecular flexibility index (Phi) is 5.14.